The van der Waals surface area contributed by atoms with Gasteiger partial charge in [0.05, 0.1) is 13.7 Å². The Balaban J connectivity index is 1.75. The van der Waals surface area contributed by atoms with Crippen molar-refractivity contribution in [3.05, 3.63) is 95.6 Å². The van der Waals surface area contributed by atoms with Crippen LogP contribution < -0.4 is 14.8 Å². The largest absolute Gasteiger partial charge is 0.497 e. The normalized spacial score (nSPS) is 11.4. The van der Waals surface area contributed by atoms with Crippen LogP contribution in [0.4, 0.5) is 0 Å². The van der Waals surface area contributed by atoms with Gasteiger partial charge in [0.25, 0.3) is 0 Å². The van der Waals surface area contributed by atoms with Crippen molar-refractivity contribution < 1.29 is 19.1 Å². The molecule has 1 N–H and O–H groups in total. The van der Waals surface area contributed by atoms with Crippen LogP contribution in [0.15, 0.2) is 78.9 Å². The lowest BCUT2D eigenvalue weighted by molar-refractivity contribution is -0.141. The van der Waals surface area contributed by atoms with Gasteiger partial charge in [-0.25, -0.2) is 0 Å². The van der Waals surface area contributed by atoms with Crippen molar-refractivity contribution >= 4 is 11.8 Å². The van der Waals surface area contributed by atoms with E-state index >= 15 is 0 Å². The number of carbonyl (C=O) groups is 2. The minimum absolute atomic E-state index is 0.0626. The molecule has 0 aliphatic heterocycles. The molecule has 0 aromatic heterocycles. The molecule has 0 saturated heterocycles. The van der Waals surface area contributed by atoms with E-state index in [0.29, 0.717) is 32.5 Å². The second-order valence-electron chi connectivity index (χ2n) is 9.13. The van der Waals surface area contributed by atoms with Crippen molar-refractivity contribution in [2.24, 2.45) is 0 Å². The van der Waals surface area contributed by atoms with Gasteiger partial charge in [0.2, 0.25) is 11.8 Å². The summed E-state index contributed by atoms with van der Waals surface area (Å²) in [7, 11) is 1.62. The maximum atomic E-state index is 13.6. The van der Waals surface area contributed by atoms with Gasteiger partial charge in [0.15, 0.2) is 0 Å². The molecule has 3 rings (SSSR count). The summed E-state index contributed by atoms with van der Waals surface area (Å²) in [6, 6.07) is 24.7. The Bertz CT molecular complexity index is 1120. The Kier molecular flexibility index (Phi) is 11.0. The lowest BCUT2D eigenvalue weighted by Crippen LogP contribution is -2.50. The van der Waals surface area contributed by atoms with Crippen LogP contribution in [0.3, 0.4) is 0 Å². The van der Waals surface area contributed by atoms with E-state index in [0.717, 1.165) is 34.6 Å². The Morgan fingerprint density at radius 2 is 1.62 bits per heavy atom. The molecule has 6 heteroatoms. The fraction of sp³-hybridized carbons (Fsp3) is 0.355. The maximum Gasteiger partial charge on any atom is 0.243 e. The zero-order valence-electron chi connectivity index (χ0n) is 22.1. The number of aryl methyl sites for hydroxylation is 1. The molecular weight excluding hydrogens is 464 g/mol. The van der Waals surface area contributed by atoms with Crippen LogP contribution in [0.2, 0.25) is 0 Å². The van der Waals surface area contributed by atoms with E-state index < -0.39 is 6.04 Å². The molecule has 0 bridgehead atoms. The van der Waals surface area contributed by atoms with Gasteiger partial charge in [-0.3, -0.25) is 9.59 Å². The third-order valence-corrected chi connectivity index (χ3v) is 6.12. The summed E-state index contributed by atoms with van der Waals surface area (Å²) in [5.41, 5.74) is 3.14. The Hall–Kier alpha value is -3.80. The maximum absolute atomic E-state index is 13.6. The summed E-state index contributed by atoms with van der Waals surface area (Å²) in [5.74, 6) is 1.31. The number of ether oxygens (including phenoxy) is 2. The number of rotatable bonds is 14. The summed E-state index contributed by atoms with van der Waals surface area (Å²) in [6.45, 7) is 5.40. The highest BCUT2D eigenvalue weighted by Crippen LogP contribution is 2.19. The average Bonchev–Trinajstić information content (AvgIpc) is 2.92. The second-order valence-corrected chi connectivity index (χ2v) is 9.13. The second kappa shape index (κ2) is 14.7. The molecule has 37 heavy (non-hydrogen) atoms. The van der Waals surface area contributed by atoms with Gasteiger partial charge in [-0.2, -0.15) is 0 Å². The molecule has 0 aliphatic carbocycles. The van der Waals surface area contributed by atoms with Crippen molar-refractivity contribution in [3.63, 3.8) is 0 Å². The molecule has 0 aliphatic rings. The number of nitrogens with zero attached hydrogens (tertiary/aromatic N) is 1. The topological polar surface area (TPSA) is 67.9 Å². The first-order chi connectivity index (χ1) is 18.0. The molecule has 1 atom stereocenters. The van der Waals surface area contributed by atoms with E-state index in [1.54, 1.807) is 12.0 Å². The number of amides is 2. The zero-order chi connectivity index (χ0) is 26.5. The molecule has 0 fully saturated rings. The van der Waals surface area contributed by atoms with Crippen molar-refractivity contribution in [3.8, 4) is 11.5 Å². The molecular formula is C31H38N2O4. The summed E-state index contributed by atoms with van der Waals surface area (Å²) < 4.78 is 11.0. The highest BCUT2D eigenvalue weighted by atomic mass is 16.5. The number of methoxy groups -OCH3 is 1. The number of carbonyl (C=O) groups excluding carboxylic acids is 2. The zero-order valence-corrected chi connectivity index (χ0v) is 22.1. The standard InChI is InChI=1S/C31H38N2O4/c1-4-19-32-31(35)29(22-25-11-6-5-7-12-25)33(23-26-13-8-10-24(2)21-26)30(34)14-9-20-37-28-17-15-27(36-3)16-18-28/h5-8,10-13,15-18,21,29H,4,9,14,19-20,22-23H2,1-3H3,(H,32,35). The molecule has 3 aromatic carbocycles. The molecule has 0 heterocycles. The van der Waals surface area contributed by atoms with Gasteiger partial charge in [-0.1, -0.05) is 67.1 Å². The monoisotopic (exact) mass is 502 g/mol. The quantitative estimate of drug-likeness (QED) is 0.303. The van der Waals surface area contributed by atoms with E-state index in [9.17, 15) is 9.59 Å². The molecule has 3 aromatic rings. The highest BCUT2D eigenvalue weighted by molar-refractivity contribution is 5.88. The Morgan fingerprint density at radius 1 is 0.919 bits per heavy atom. The van der Waals surface area contributed by atoms with E-state index in [4.69, 9.17) is 9.47 Å². The highest BCUT2D eigenvalue weighted by Gasteiger charge is 2.30. The molecule has 1 unspecified atom stereocenters. The van der Waals surface area contributed by atoms with Crippen molar-refractivity contribution in [2.45, 2.75) is 52.1 Å². The number of hydrogen-bond donors (Lipinski definition) is 1. The molecule has 0 radical (unpaired) electrons. The van der Waals surface area contributed by atoms with Crippen molar-refractivity contribution in [1.82, 2.24) is 10.2 Å². The minimum atomic E-state index is -0.607. The van der Waals surface area contributed by atoms with E-state index in [1.165, 1.54) is 0 Å². The van der Waals surface area contributed by atoms with Crippen molar-refractivity contribution in [1.29, 1.82) is 0 Å². The smallest absolute Gasteiger partial charge is 0.243 e. The van der Waals surface area contributed by atoms with Crippen LogP contribution in [0.5, 0.6) is 11.5 Å². The number of benzene rings is 3. The molecule has 196 valence electrons. The van der Waals surface area contributed by atoms with Gasteiger partial charge < -0.3 is 19.7 Å². The molecule has 6 nitrogen and oxygen atoms in total. The number of hydrogen-bond acceptors (Lipinski definition) is 4. The molecule has 0 saturated carbocycles. The van der Waals surface area contributed by atoms with Gasteiger partial charge in [-0.05, 0) is 55.2 Å². The predicted molar refractivity (Wildman–Crippen MR) is 147 cm³/mol. The van der Waals surface area contributed by atoms with Crippen molar-refractivity contribution in [2.75, 3.05) is 20.3 Å². The van der Waals surface area contributed by atoms with Crippen LogP contribution >= 0.6 is 0 Å². The minimum Gasteiger partial charge on any atom is -0.497 e. The lowest BCUT2D eigenvalue weighted by Gasteiger charge is -2.31. The van der Waals surface area contributed by atoms with Gasteiger partial charge in [0.1, 0.15) is 17.5 Å². The summed E-state index contributed by atoms with van der Waals surface area (Å²) in [6.07, 6.45) is 2.12. The van der Waals surface area contributed by atoms with E-state index in [-0.39, 0.29) is 18.2 Å². The van der Waals surface area contributed by atoms with Crippen LogP contribution in [0, 0.1) is 6.92 Å². The summed E-state index contributed by atoms with van der Waals surface area (Å²) in [5, 5.41) is 3.02. The first-order valence-corrected chi connectivity index (χ1v) is 12.9. The fourth-order valence-electron chi connectivity index (χ4n) is 4.16. The van der Waals surface area contributed by atoms with E-state index in [1.807, 2.05) is 86.6 Å². The van der Waals surface area contributed by atoms with Crippen LogP contribution in [-0.4, -0.2) is 43.0 Å². The Labute approximate surface area is 220 Å². The average molecular weight is 503 g/mol. The van der Waals surface area contributed by atoms with Crippen LogP contribution in [0.1, 0.15) is 42.9 Å². The number of nitrogens with one attached hydrogen (secondary N) is 1. The van der Waals surface area contributed by atoms with Gasteiger partial charge >= 0.3 is 0 Å². The molecule has 2 amide bonds. The fourth-order valence-corrected chi connectivity index (χ4v) is 4.16. The molecule has 0 spiro atoms. The van der Waals surface area contributed by atoms with Gasteiger partial charge in [-0.15, -0.1) is 0 Å². The van der Waals surface area contributed by atoms with Crippen LogP contribution in [-0.2, 0) is 22.6 Å². The van der Waals surface area contributed by atoms with E-state index in [2.05, 4.69) is 11.4 Å². The Morgan fingerprint density at radius 3 is 2.30 bits per heavy atom. The first kappa shape index (κ1) is 27.8. The SMILES string of the molecule is CCCNC(=O)C(Cc1ccccc1)N(Cc1cccc(C)c1)C(=O)CCCOc1ccc(OC)cc1. The predicted octanol–water partition coefficient (Wildman–Crippen LogP) is 5.33. The van der Waals surface area contributed by atoms with Gasteiger partial charge in [0, 0.05) is 25.9 Å². The summed E-state index contributed by atoms with van der Waals surface area (Å²) >= 11 is 0. The third-order valence-electron chi connectivity index (χ3n) is 6.12. The first-order valence-electron chi connectivity index (χ1n) is 12.9. The summed E-state index contributed by atoms with van der Waals surface area (Å²) in [4.78, 5) is 28.7. The lowest BCUT2D eigenvalue weighted by atomic mass is 10.0. The van der Waals surface area contributed by atoms with Crippen LogP contribution in [0.25, 0.3) is 0 Å². The third kappa shape index (κ3) is 8.98.